The lowest BCUT2D eigenvalue weighted by molar-refractivity contribution is 0.409. The first-order valence-electron chi connectivity index (χ1n) is 3.46. The molecule has 0 aromatic carbocycles. The minimum atomic E-state index is 0.817. The van der Waals surface area contributed by atoms with Crippen LogP contribution in [-0.4, -0.2) is 19.1 Å². The molecule has 0 radical (unpaired) electrons. The molecule has 0 bridgehead atoms. The Kier molecular flexibility index (Phi) is 2.31. The second kappa shape index (κ2) is 3.23. The third-order valence-corrected chi connectivity index (χ3v) is 1.55. The van der Waals surface area contributed by atoms with Crippen LogP contribution < -0.4 is 10.1 Å². The summed E-state index contributed by atoms with van der Waals surface area (Å²) in [5.41, 5.74) is 1.87. The molecule has 0 aliphatic rings. The van der Waals surface area contributed by atoms with Gasteiger partial charge in [0.15, 0.2) is 0 Å². The van der Waals surface area contributed by atoms with E-state index < -0.39 is 0 Å². The summed E-state index contributed by atoms with van der Waals surface area (Å²) in [7, 11) is 3.50. The number of hydrogen-bond donors (Lipinski definition) is 1. The summed E-state index contributed by atoms with van der Waals surface area (Å²) >= 11 is 0. The van der Waals surface area contributed by atoms with Crippen LogP contribution in [0.3, 0.4) is 0 Å². The summed E-state index contributed by atoms with van der Waals surface area (Å²) in [4.78, 5) is 4.13. The van der Waals surface area contributed by atoms with Crippen LogP contribution in [0.1, 0.15) is 5.69 Å². The molecule has 60 valence electrons. The van der Waals surface area contributed by atoms with E-state index in [0.717, 1.165) is 17.1 Å². The van der Waals surface area contributed by atoms with Crippen LogP contribution in [-0.2, 0) is 0 Å². The highest BCUT2D eigenvalue weighted by Gasteiger charge is 1.98. The molecule has 0 aliphatic carbocycles. The predicted molar refractivity (Wildman–Crippen MR) is 45.1 cm³/mol. The molecular formula is C8H12N2O. The maximum absolute atomic E-state index is 5.08. The average Bonchev–Trinajstić information content (AvgIpc) is 2.05. The highest BCUT2D eigenvalue weighted by Crippen LogP contribution is 2.18. The lowest BCUT2D eigenvalue weighted by Gasteiger charge is -2.05. The summed E-state index contributed by atoms with van der Waals surface area (Å²) in [6, 6.07) is 1.92. The van der Waals surface area contributed by atoms with Gasteiger partial charge in [0, 0.05) is 13.1 Å². The molecule has 0 fully saturated rings. The molecule has 11 heavy (non-hydrogen) atoms. The molecule has 0 amide bonds. The average molecular weight is 152 g/mol. The first kappa shape index (κ1) is 7.85. The van der Waals surface area contributed by atoms with E-state index in [-0.39, 0.29) is 0 Å². The molecule has 3 nitrogen and oxygen atoms in total. The third-order valence-electron chi connectivity index (χ3n) is 1.55. The van der Waals surface area contributed by atoms with E-state index in [2.05, 4.69) is 10.3 Å². The van der Waals surface area contributed by atoms with Gasteiger partial charge in [-0.1, -0.05) is 0 Å². The number of rotatable bonds is 2. The van der Waals surface area contributed by atoms with Gasteiger partial charge in [0.1, 0.15) is 5.75 Å². The first-order chi connectivity index (χ1) is 5.27. The topological polar surface area (TPSA) is 34.2 Å². The van der Waals surface area contributed by atoms with Crippen LogP contribution in [0.15, 0.2) is 12.3 Å². The van der Waals surface area contributed by atoms with Crippen molar-refractivity contribution in [3.05, 3.63) is 18.0 Å². The summed E-state index contributed by atoms with van der Waals surface area (Å²) in [6.07, 6.45) is 1.78. The zero-order chi connectivity index (χ0) is 8.27. The zero-order valence-electron chi connectivity index (χ0n) is 7.01. The minimum Gasteiger partial charge on any atom is -0.495 e. The highest BCUT2D eigenvalue weighted by molar-refractivity contribution is 5.46. The molecule has 0 aliphatic heterocycles. The number of aryl methyl sites for hydroxylation is 1. The van der Waals surface area contributed by atoms with Gasteiger partial charge in [-0.2, -0.15) is 0 Å². The molecule has 0 saturated carbocycles. The van der Waals surface area contributed by atoms with Crippen LogP contribution in [0.5, 0.6) is 5.75 Å². The summed E-state index contributed by atoms with van der Waals surface area (Å²) in [5, 5.41) is 2.99. The van der Waals surface area contributed by atoms with Crippen molar-refractivity contribution in [2.24, 2.45) is 0 Å². The molecule has 0 atom stereocenters. The van der Waals surface area contributed by atoms with Crippen molar-refractivity contribution in [3.63, 3.8) is 0 Å². The Hall–Kier alpha value is -1.25. The van der Waals surface area contributed by atoms with Crippen LogP contribution in [0.2, 0.25) is 0 Å². The molecule has 3 heteroatoms. The van der Waals surface area contributed by atoms with Gasteiger partial charge in [0.2, 0.25) is 0 Å². The van der Waals surface area contributed by atoms with Crippen LogP contribution in [0.4, 0.5) is 5.69 Å². The number of aromatic nitrogens is 1. The normalized spacial score (nSPS) is 9.36. The fraction of sp³-hybridized carbons (Fsp3) is 0.375. The Balaban J connectivity index is 3.02. The van der Waals surface area contributed by atoms with Gasteiger partial charge < -0.3 is 10.1 Å². The summed E-state index contributed by atoms with van der Waals surface area (Å²) in [5.74, 6) is 0.817. The Morgan fingerprint density at radius 2 is 2.27 bits per heavy atom. The van der Waals surface area contributed by atoms with Crippen molar-refractivity contribution in [3.8, 4) is 5.75 Å². The SMILES string of the molecule is CNc1cnc(C)c(OC)c1. The number of anilines is 1. The van der Waals surface area contributed by atoms with Gasteiger partial charge in [0.05, 0.1) is 24.7 Å². The maximum Gasteiger partial charge on any atom is 0.142 e. The molecule has 1 aromatic rings. The Morgan fingerprint density at radius 3 is 2.82 bits per heavy atom. The Labute approximate surface area is 66.4 Å². The number of pyridine rings is 1. The van der Waals surface area contributed by atoms with Crippen molar-refractivity contribution in [1.82, 2.24) is 4.98 Å². The van der Waals surface area contributed by atoms with Gasteiger partial charge >= 0.3 is 0 Å². The monoisotopic (exact) mass is 152 g/mol. The smallest absolute Gasteiger partial charge is 0.142 e. The fourth-order valence-electron chi connectivity index (χ4n) is 0.856. The number of ether oxygens (including phenoxy) is 1. The van der Waals surface area contributed by atoms with Gasteiger partial charge in [0.25, 0.3) is 0 Å². The second-order valence-electron chi connectivity index (χ2n) is 2.26. The Bertz CT molecular complexity index is 248. The van der Waals surface area contributed by atoms with E-state index in [1.807, 2.05) is 20.0 Å². The summed E-state index contributed by atoms with van der Waals surface area (Å²) < 4.78 is 5.08. The van der Waals surface area contributed by atoms with E-state index in [4.69, 9.17) is 4.74 Å². The third kappa shape index (κ3) is 1.61. The van der Waals surface area contributed by atoms with E-state index >= 15 is 0 Å². The molecular weight excluding hydrogens is 140 g/mol. The predicted octanol–water partition coefficient (Wildman–Crippen LogP) is 1.44. The van der Waals surface area contributed by atoms with Crippen molar-refractivity contribution >= 4 is 5.69 Å². The lowest BCUT2D eigenvalue weighted by Crippen LogP contribution is -1.94. The fourth-order valence-corrected chi connectivity index (χ4v) is 0.856. The van der Waals surface area contributed by atoms with E-state index in [9.17, 15) is 0 Å². The molecule has 1 heterocycles. The second-order valence-corrected chi connectivity index (χ2v) is 2.26. The summed E-state index contributed by atoms with van der Waals surface area (Å²) in [6.45, 7) is 1.91. The van der Waals surface area contributed by atoms with Crippen molar-refractivity contribution in [2.45, 2.75) is 6.92 Å². The number of methoxy groups -OCH3 is 1. The van der Waals surface area contributed by atoms with Crippen LogP contribution in [0, 0.1) is 6.92 Å². The number of nitrogens with one attached hydrogen (secondary N) is 1. The first-order valence-corrected chi connectivity index (χ1v) is 3.46. The van der Waals surface area contributed by atoms with Crippen LogP contribution >= 0.6 is 0 Å². The quantitative estimate of drug-likeness (QED) is 0.696. The van der Waals surface area contributed by atoms with Crippen molar-refractivity contribution in [1.29, 1.82) is 0 Å². The van der Waals surface area contributed by atoms with Gasteiger partial charge in [-0.05, 0) is 6.92 Å². The standard InChI is InChI=1S/C8H12N2O/c1-6-8(11-3)4-7(9-2)5-10-6/h4-5,9H,1-3H3. The molecule has 0 saturated heterocycles. The zero-order valence-corrected chi connectivity index (χ0v) is 7.01. The van der Waals surface area contributed by atoms with E-state index in [1.165, 1.54) is 0 Å². The van der Waals surface area contributed by atoms with Crippen LogP contribution in [0.25, 0.3) is 0 Å². The highest BCUT2D eigenvalue weighted by atomic mass is 16.5. The Morgan fingerprint density at radius 1 is 1.55 bits per heavy atom. The lowest BCUT2D eigenvalue weighted by atomic mass is 10.3. The molecule has 1 N–H and O–H groups in total. The number of hydrogen-bond acceptors (Lipinski definition) is 3. The van der Waals surface area contributed by atoms with Gasteiger partial charge in [-0.15, -0.1) is 0 Å². The maximum atomic E-state index is 5.08. The van der Waals surface area contributed by atoms with Crippen molar-refractivity contribution in [2.75, 3.05) is 19.5 Å². The van der Waals surface area contributed by atoms with E-state index in [1.54, 1.807) is 13.3 Å². The van der Waals surface area contributed by atoms with E-state index in [0.29, 0.717) is 0 Å². The largest absolute Gasteiger partial charge is 0.495 e. The molecule has 1 rings (SSSR count). The van der Waals surface area contributed by atoms with Gasteiger partial charge in [-0.25, -0.2) is 0 Å². The number of nitrogens with zero attached hydrogens (tertiary/aromatic N) is 1. The van der Waals surface area contributed by atoms with Gasteiger partial charge in [-0.3, -0.25) is 4.98 Å². The molecule has 1 aromatic heterocycles. The molecule has 0 spiro atoms. The van der Waals surface area contributed by atoms with Crippen molar-refractivity contribution < 1.29 is 4.74 Å². The molecule has 0 unspecified atom stereocenters. The minimum absolute atomic E-state index is 0.817.